The predicted octanol–water partition coefficient (Wildman–Crippen LogP) is 5.06. The number of amides is 2. The van der Waals surface area contributed by atoms with E-state index in [1.807, 2.05) is 24.3 Å². The summed E-state index contributed by atoms with van der Waals surface area (Å²) in [4.78, 5) is 24.3. The number of hydrazone groups is 1. The number of nitrogens with one attached hydrogen (secondary N) is 2. The van der Waals surface area contributed by atoms with Gasteiger partial charge in [-0.15, -0.1) is 0 Å². The maximum absolute atomic E-state index is 12.2. The van der Waals surface area contributed by atoms with Crippen LogP contribution in [0.1, 0.15) is 55.1 Å². The van der Waals surface area contributed by atoms with Crippen LogP contribution in [0.5, 0.6) is 5.75 Å². The summed E-state index contributed by atoms with van der Waals surface area (Å²) in [6.45, 7) is 9.85. The number of hydrogen-bond donors (Lipinski definition) is 2. The first-order chi connectivity index (χ1) is 15.6. The molecule has 2 aromatic carbocycles. The summed E-state index contributed by atoms with van der Waals surface area (Å²) in [5.74, 6) is 0.882. The van der Waals surface area contributed by atoms with Crippen LogP contribution in [0.15, 0.2) is 70.2 Å². The summed E-state index contributed by atoms with van der Waals surface area (Å²) < 4.78 is 10.9. The second kappa shape index (κ2) is 10.2. The van der Waals surface area contributed by atoms with Gasteiger partial charge in [-0.3, -0.25) is 9.59 Å². The second-order valence-electron chi connectivity index (χ2n) is 8.74. The van der Waals surface area contributed by atoms with Crippen LogP contribution < -0.4 is 15.5 Å². The van der Waals surface area contributed by atoms with Crippen LogP contribution in [-0.4, -0.2) is 24.1 Å². The minimum Gasteiger partial charge on any atom is -0.484 e. The van der Waals surface area contributed by atoms with Crippen LogP contribution in [0.3, 0.4) is 0 Å². The van der Waals surface area contributed by atoms with Gasteiger partial charge < -0.3 is 14.5 Å². The molecule has 2 N–H and O–H groups in total. The number of carbonyl (C=O) groups excluding carboxylic acids is 2. The highest BCUT2D eigenvalue weighted by Gasteiger charge is 2.13. The summed E-state index contributed by atoms with van der Waals surface area (Å²) in [5, 5.41) is 6.90. The van der Waals surface area contributed by atoms with E-state index in [-0.39, 0.29) is 29.6 Å². The van der Waals surface area contributed by atoms with Crippen molar-refractivity contribution in [2.45, 2.75) is 40.0 Å². The van der Waals surface area contributed by atoms with Gasteiger partial charge in [0.15, 0.2) is 12.4 Å². The molecule has 0 bridgehead atoms. The van der Waals surface area contributed by atoms with E-state index in [9.17, 15) is 9.59 Å². The molecule has 7 nitrogen and oxygen atoms in total. The van der Waals surface area contributed by atoms with Crippen LogP contribution in [0.2, 0.25) is 0 Å². The van der Waals surface area contributed by atoms with Gasteiger partial charge in [0.05, 0.1) is 5.71 Å². The number of anilines is 1. The van der Waals surface area contributed by atoms with Crippen molar-refractivity contribution in [1.82, 2.24) is 5.43 Å². The molecule has 0 saturated carbocycles. The summed E-state index contributed by atoms with van der Waals surface area (Å²) >= 11 is 0. The molecule has 0 atom stereocenters. The first-order valence-corrected chi connectivity index (χ1v) is 10.7. The van der Waals surface area contributed by atoms with Crippen molar-refractivity contribution in [2.24, 2.45) is 5.10 Å². The van der Waals surface area contributed by atoms with Gasteiger partial charge in [-0.2, -0.15) is 5.10 Å². The Bertz CT molecular complexity index is 1140. The van der Waals surface area contributed by atoms with Crippen LogP contribution in [-0.2, 0) is 10.2 Å². The fraction of sp³-hybridized carbons (Fsp3) is 0.269. The van der Waals surface area contributed by atoms with Crippen molar-refractivity contribution in [1.29, 1.82) is 0 Å². The molecular formula is C26H29N3O4. The van der Waals surface area contributed by atoms with Gasteiger partial charge in [-0.05, 0) is 66.8 Å². The minimum absolute atomic E-state index is 0.0600. The normalized spacial score (nSPS) is 11.7. The fourth-order valence-electron chi connectivity index (χ4n) is 2.99. The third-order valence-electron chi connectivity index (χ3n) is 4.96. The summed E-state index contributed by atoms with van der Waals surface area (Å²) in [6.07, 6.45) is 0. The van der Waals surface area contributed by atoms with Crippen molar-refractivity contribution in [3.05, 3.63) is 83.3 Å². The van der Waals surface area contributed by atoms with E-state index in [4.69, 9.17) is 9.15 Å². The lowest BCUT2D eigenvalue weighted by molar-refractivity contribution is -0.123. The number of aryl methyl sites for hydroxylation is 1. The Kier molecular flexibility index (Phi) is 7.33. The quantitative estimate of drug-likeness (QED) is 0.391. The van der Waals surface area contributed by atoms with Crippen LogP contribution in [0, 0.1) is 6.92 Å². The van der Waals surface area contributed by atoms with E-state index < -0.39 is 0 Å². The molecule has 0 spiro atoms. The van der Waals surface area contributed by atoms with E-state index >= 15 is 0 Å². The van der Waals surface area contributed by atoms with Crippen molar-refractivity contribution in [3.8, 4) is 5.75 Å². The van der Waals surface area contributed by atoms with E-state index in [0.29, 0.717) is 22.9 Å². The largest absolute Gasteiger partial charge is 0.484 e. The number of furan rings is 1. The van der Waals surface area contributed by atoms with Crippen LogP contribution in [0.25, 0.3) is 0 Å². The highest BCUT2D eigenvalue weighted by molar-refractivity contribution is 6.03. The summed E-state index contributed by atoms with van der Waals surface area (Å²) in [7, 11) is 0. The van der Waals surface area contributed by atoms with Crippen molar-refractivity contribution in [2.75, 3.05) is 11.9 Å². The molecule has 1 heterocycles. The molecule has 0 unspecified atom stereocenters. The zero-order valence-electron chi connectivity index (χ0n) is 19.6. The average molecular weight is 448 g/mol. The molecule has 3 aromatic rings. The predicted molar refractivity (Wildman–Crippen MR) is 129 cm³/mol. The number of hydrogen-bond acceptors (Lipinski definition) is 5. The zero-order chi connectivity index (χ0) is 24.0. The second-order valence-corrected chi connectivity index (χ2v) is 8.74. The molecule has 0 saturated heterocycles. The van der Waals surface area contributed by atoms with Crippen molar-refractivity contribution >= 4 is 23.2 Å². The third kappa shape index (κ3) is 6.80. The number of nitrogens with zero attached hydrogens (tertiary/aromatic N) is 1. The molecule has 0 radical (unpaired) electrons. The zero-order valence-corrected chi connectivity index (χ0v) is 19.6. The highest BCUT2D eigenvalue weighted by Crippen LogP contribution is 2.24. The smallest absolute Gasteiger partial charge is 0.291 e. The lowest BCUT2D eigenvalue weighted by atomic mass is 9.87. The molecular weight excluding hydrogens is 418 g/mol. The lowest BCUT2D eigenvalue weighted by Crippen LogP contribution is -2.25. The van der Waals surface area contributed by atoms with Crippen LogP contribution >= 0.6 is 0 Å². The molecule has 0 fully saturated rings. The fourth-order valence-corrected chi connectivity index (χ4v) is 2.99. The molecule has 2 amide bonds. The van der Waals surface area contributed by atoms with E-state index in [0.717, 1.165) is 5.56 Å². The maximum atomic E-state index is 12.2. The summed E-state index contributed by atoms with van der Waals surface area (Å²) in [5.41, 5.74) is 5.81. The Balaban J connectivity index is 1.49. The van der Waals surface area contributed by atoms with Gasteiger partial charge in [0.25, 0.3) is 11.8 Å². The van der Waals surface area contributed by atoms with Gasteiger partial charge in [-0.1, -0.05) is 45.0 Å². The first-order valence-electron chi connectivity index (χ1n) is 10.7. The molecule has 3 rings (SSSR count). The molecule has 172 valence electrons. The maximum Gasteiger partial charge on any atom is 0.291 e. The molecule has 7 heteroatoms. The number of rotatable bonds is 7. The van der Waals surface area contributed by atoms with Gasteiger partial charge >= 0.3 is 0 Å². The van der Waals surface area contributed by atoms with Gasteiger partial charge in [-0.25, -0.2) is 5.43 Å². The SMILES string of the molecule is CC(=NNC(=O)COc1ccc(C(C)(C)C)cc1)c1ccc(NC(=O)c2ccc(C)o2)cc1. The van der Waals surface area contributed by atoms with Gasteiger partial charge in [0.2, 0.25) is 0 Å². The van der Waals surface area contributed by atoms with Gasteiger partial charge in [0.1, 0.15) is 11.5 Å². The summed E-state index contributed by atoms with van der Waals surface area (Å²) in [6, 6.07) is 18.2. The lowest BCUT2D eigenvalue weighted by Gasteiger charge is -2.19. The Labute approximate surface area is 193 Å². The Hall–Kier alpha value is -3.87. The van der Waals surface area contributed by atoms with E-state index in [2.05, 4.69) is 36.6 Å². The number of benzene rings is 2. The molecule has 1 aromatic heterocycles. The van der Waals surface area contributed by atoms with E-state index in [1.54, 1.807) is 50.2 Å². The Morgan fingerprint density at radius 1 is 0.970 bits per heavy atom. The Morgan fingerprint density at radius 3 is 2.21 bits per heavy atom. The van der Waals surface area contributed by atoms with Crippen LogP contribution in [0.4, 0.5) is 5.69 Å². The first kappa shape index (κ1) is 23.8. The molecule has 0 aliphatic carbocycles. The van der Waals surface area contributed by atoms with E-state index in [1.165, 1.54) is 5.56 Å². The third-order valence-corrected chi connectivity index (χ3v) is 4.96. The van der Waals surface area contributed by atoms with Crippen molar-refractivity contribution < 1.29 is 18.7 Å². The average Bonchev–Trinajstić information content (AvgIpc) is 3.22. The number of ether oxygens (including phenoxy) is 1. The molecule has 0 aliphatic heterocycles. The standard InChI is InChI=1S/C26H29N3O4/c1-17-6-15-23(33-17)25(31)27-21-11-7-19(8-12-21)18(2)28-29-24(30)16-32-22-13-9-20(10-14-22)26(3,4)5/h6-15H,16H2,1-5H3,(H,27,31)(H,29,30). The minimum atomic E-state index is -0.355. The Morgan fingerprint density at radius 2 is 1.64 bits per heavy atom. The molecule has 33 heavy (non-hydrogen) atoms. The molecule has 0 aliphatic rings. The number of carbonyl (C=O) groups is 2. The highest BCUT2D eigenvalue weighted by atomic mass is 16.5. The monoisotopic (exact) mass is 447 g/mol. The van der Waals surface area contributed by atoms with Crippen molar-refractivity contribution in [3.63, 3.8) is 0 Å². The van der Waals surface area contributed by atoms with Gasteiger partial charge in [0, 0.05) is 5.69 Å². The topological polar surface area (TPSA) is 92.9 Å².